The summed E-state index contributed by atoms with van der Waals surface area (Å²) < 4.78 is 0. The van der Waals surface area contributed by atoms with Gasteiger partial charge in [-0.05, 0) is 18.2 Å². The second kappa shape index (κ2) is 5.40. The van der Waals surface area contributed by atoms with E-state index in [4.69, 9.17) is 16.7 Å². The summed E-state index contributed by atoms with van der Waals surface area (Å²) >= 11 is 5.79. The summed E-state index contributed by atoms with van der Waals surface area (Å²) in [4.78, 5) is 10.9. The molecule has 4 heteroatoms. The maximum Gasteiger partial charge on any atom is 0.221 e. The van der Waals surface area contributed by atoms with Gasteiger partial charge in [0, 0.05) is 17.5 Å². The van der Waals surface area contributed by atoms with Crippen LogP contribution in [0.15, 0.2) is 18.2 Å². The number of hydrogen-bond donors (Lipinski definition) is 2. The molecule has 0 radical (unpaired) electrons. The number of hydrogen-bond acceptors (Lipinski definition) is 2. The molecule has 0 fully saturated rings. The van der Waals surface area contributed by atoms with Crippen molar-refractivity contribution >= 4 is 23.2 Å². The van der Waals surface area contributed by atoms with Crippen LogP contribution in [-0.4, -0.2) is 17.6 Å². The Labute approximate surface area is 93.1 Å². The van der Waals surface area contributed by atoms with Crippen molar-refractivity contribution in [2.75, 3.05) is 11.9 Å². The Kier molecular flexibility index (Phi) is 4.17. The third-order valence-electron chi connectivity index (χ3n) is 1.59. The van der Waals surface area contributed by atoms with Gasteiger partial charge in [-0.15, -0.1) is 0 Å². The fourth-order valence-corrected chi connectivity index (χ4v) is 1.23. The van der Waals surface area contributed by atoms with Gasteiger partial charge in [-0.25, -0.2) is 0 Å². The molecule has 0 aliphatic carbocycles. The van der Waals surface area contributed by atoms with Gasteiger partial charge in [0.1, 0.15) is 6.61 Å². The minimum Gasteiger partial charge on any atom is -0.384 e. The standard InChI is InChI=1S/C11H10ClNO2/c1-8(15)13-11-7-10(12)5-4-9(11)3-2-6-14/h4-5,7,14H,6H2,1H3,(H,13,15). The van der Waals surface area contributed by atoms with E-state index in [2.05, 4.69) is 17.2 Å². The summed E-state index contributed by atoms with van der Waals surface area (Å²) in [7, 11) is 0. The molecule has 0 saturated heterocycles. The molecule has 0 aromatic heterocycles. The van der Waals surface area contributed by atoms with E-state index in [1.165, 1.54) is 6.92 Å². The highest BCUT2D eigenvalue weighted by Gasteiger charge is 2.02. The molecule has 1 amide bonds. The zero-order valence-electron chi connectivity index (χ0n) is 8.17. The molecule has 0 atom stereocenters. The Bertz CT molecular complexity index is 432. The van der Waals surface area contributed by atoms with Gasteiger partial charge in [0.15, 0.2) is 0 Å². The average Bonchev–Trinajstić information content (AvgIpc) is 2.16. The number of aliphatic hydroxyl groups excluding tert-OH is 1. The first-order valence-corrected chi connectivity index (χ1v) is 4.68. The van der Waals surface area contributed by atoms with E-state index in [9.17, 15) is 4.79 Å². The molecular formula is C11H10ClNO2. The van der Waals surface area contributed by atoms with Gasteiger partial charge < -0.3 is 10.4 Å². The molecule has 0 heterocycles. The summed E-state index contributed by atoms with van der Waals surface area (Å²) in [5.41, 5.74) is 1.18. The summed E-state index contributed by atoms with van der Waals surface area (Å²) in [6, 6.07) is 4.98. The molecule has 0 bridgehead atoms. The Morgan fingerprint density at radius 3 is 2.93 bits per heavy atom. The van der Waals surface area contributed by atoms with Gasteiger partial charge in [-0.1, -0.05) is 23.4 Å². The van der Waals surface area contributed by atoms with Crippen LogP contribution >= 0.6 is 11.6 Å². The van der Waals surface area contributed by atoms with Gasteiger partial charge in [0.25, 0.3) is 0 Å². The predicted octanol–water partition coefficient (Wildman–Crippen LogP) is 1.64. The van der Waals surface area contributed by atoms with Crippen LogP contribution in [0.2, 0.25) is 5.02 Å². The highest BCUT2D eigenvalue weighted by atomic mass is 35.5. The molecule has 0 spiro atoms. The summed E-state index contributed by atoms with van der Waals surface area (Å²) in [5, 5.41) is 11.7. The van der Waals surface area contributed by atoms with Crippen molar-refractivity contribution < 1.29 is 9.90 Å². The SMILES string of the molecule is CC(=O)Nc1cc(Cl)ccc1C#CCO. The third-order valence-corrected chi connectivity index (χ3v) is 1.83. The average molecular weight is 224 g/mol. The fourth-order valence-electron chi connectivity index (χ4n) is 1.05. The predicted molar refractivity (Wildman–Crippen MR) is 59.7 cm³/mol. The topological polar surface area (TPSA) is 49.3 Å². The molecule has 0 saturated carbocycles. The molecule has 15 heavy (non-hydrogen) atoms. The minimum atomic E-state index is -0.220. The van der Waals surface area contributed by atoms with Crippen molar-refractivity contribution in [3.05, 3.63) is 28.8 Å². The molecule has 0 aliphatic rings. The van der Waals surface area contributed by atoms with Crippen LogP contribution in [0, 0.1) is 11.8 Å². The molecule has 3 nitrogen and oxygen atoms in total. The smallest absolute Gasteiger partial charge is 0.221 e. The Morgan fingerprint density at radius 1 is 1.60 bits per heavy atom. The first kappa shape index (κ1) is 11.6. The molecule has 2 N–H and O–H groups in total. The number of amides is 1. The van der Waals surface area contributed by atoms with Gasteiger partial charge in [0.2, 0.25) is 5.91 Å². The normalized spacial score (nSPS) is 9.00. The second-order valence-corrected chi connectivity index (χ2v) is 3.27. The summed E-state index contributed by atoms with van der Waals surface area (Å²) in [6.07, 6.45) is 0. The van der Waals surface area contributed by atoms with Crippen molar-refractivity contribution in [1.82, 2.24) is 0 Å². The first-order valence-electron chi connectivity index (χ1n) is 4.30. The van der Waals surface area contributed by atoms with Crippen LogP contribution in [0.5, 0.6) is 0 Å². The van der Waals surface area contributed by atoms with E-state index >= 15 is 0 Å². The number of rotatable bonds is 1. The Morgan fingerprint density at radius 2 is 2.33 bits per heavy atom. The molecule has 0 unspecified atom stereocenters. The zero-order chi connectivity index (χ0) is 11.3. The lowest BCUT2D eigenvalue weighted by Gasteiger charge is -2.05. The van der Waals surface area contributed by atoms with E-state index in [1.807, 2.05) is 0 Å². The molecule has 1 aromatic carbocycles. The Balaban J connectivity index is 3.08. The van der Waals surface area contributed by atoms with Crippen molar-refractivity contribution in [1.29, 1.82) is 0 Å². The molecule has 1 aromatic rings. The van der Waals surface area contributed by atoms with Gasteiger partial charge in [-0.3, -0.25) is 4.79 Å². The van der Waals surface area contributed by atoms with Crippen molar-refractivity contribution in [3.63, 3.8) is 0 Å². The number of carbonyl (C=O) groups is 1. The van der Waals surface area contributed by atoms with Crippen molar-refractivity contribution in [2.45, 2.75) is 6.92 Å². The van der Waals surface area contributed by atoms with Gasteiger partial charge in [-0.2, -0.15) is 0 Å². The van der Waals surface area contributed by atoms with Crippen molar-refractivity contribution in [3.8, 4) is 11.8 Å². The van der Waals surface area contributed by atoms with E-state index in [-0.39, 0.29) is 12.5 Å². The fraction of sp³-hybridized carbons (Fsp3) is 0.182. The van der Waals surface area contributed by atoms with Crippen molar-refractivity contribution in [2.24, 2.45) is 0 Å². The molecule has 0 aliphatic heterocycles. The number of aliphatic hydroxyl groups is 1. The number of anilines is 1. The number of carbonyl (C=O) groups excluding carboxylic acids is 1. The van der Waals surface area contributed by atoms with Crippen LogP contribution < -0.4 is 5.32 Å². The largest absolute Gasteiger partial charge is 0.384 e. The summed E-state index contributed by atoms with van der Waals surface area (Å²) in [5.74, 6) is 5.04. The molecule has 78 valence electrons. The lowest BCUT2D eigenvalue weighted by molar-refractivity contribution is -0.114. The highest BCUT2D eigenvalue weighted by molar-refractivity contribution is 6.31. The lowest BCUT2D eigenvalue weighted by Crippen LogP contribution is -2.07. The number of nitrogens with one attached hydrogen (secondary N) is 1. The monoisotopic (exact) mass is 223 g/mol. The molecule has 1 rings (SSSR count). The van der Waals surface area contributed by atoms with E-state index in [1.54, 1.807) is 18.2 Å². The lowest BCUT2D eigenvalue weighted by atomic mass is 10.2. The maximum atomic E-state index is 10.9. The van der Waals surface area contributed by atoms with Gasteiger partial charge >= 0.3 is 0 Å². The van der Waals surface area contributed by atoms with Crippen LogP contribution in [0.25, 0.3) is 0 Å². The summed E-state index contributed by atoms with van der Waals surface area (Å²) in [6.45, 7) is 1.19. The molecular weight excluding hydrogens is 214 g/mol. The van der Waals surface area contributed by atoms with Crippen LogP contribution in [0.4, 0.5) is 5.69 Å². The third kappa shape index (κ3) is 3.62. The quantitative estimate of drug-likeness (QED) is 0.712. The number of benzene rings is 1. The van der Waals surface area contributed by atoms with E-state index < -0.39 is 0 Å². The van der Waals surface area contributed by atoms with E-state index in [0.717, 1.165) is 0 Å². The highest BCUT2D eigenvalue weighted by Crippen LogP contribution is 2.20. The van der Waals surface area contributed by atoms with Crippen LogP contribution in [-0.2, 0) is 4.79 Å². The van der Waals surface area contributed by atoms with Crippen LogP contribution in [0.3, 0.4) is 0 Å². The van der Waals surface area contributed by atoms with E-state index in [0.29, 0.717) is 16.3 Å². The number of halogens is 1. The van der Waals surface area contributed by atoms with Crippen LogP contribution in [0.1, 0.15) is 12.5 Å². The Hall–Kier alpha value is -1.50. The second-order valence-electron chi connectivity index (χ2n) is 2.83. The first-order chi connectivity index (χ1) is 7.13. The minimum absolute atomic E-state index is 0.190. The van der Waals surface area contributed by atoms with Gasteiger partial charge in [0.05, 0.1) is 5.69 Å². The maximum absolute atomic E-state index is 10.9. The zero-order valence-corrected chi connectivity index (χ0v) is 8.93.